The number of allylic oxidation sites excluding steroid dienone is 1. The summed E-state index contributed by atoms with van der Waals surface area (Å²) in [6, 6.07) is 2.28. The molecule has 1 amide bonds. The SMILES string of the molecule is C=CCc1cc(C(=O)NC(CCC)C(=O)O)cc(OC)c1OC. The quantitative estimate of drug-likeness (QED) is 0.682. The van der Waals surface area contributed by atoms with Crippen LogP contribution in [0.3, 0.4) is 0 Å². The van der Waals surface area contributed by atoms with E-state index >= 15 is 0 Å². The van der Waals surface area contributed by atoms with Crippen LogP contribution >= 0.6 is 0 Å². The van der Waals surface area contributed by atoms with Crippen molar-refractivity contribution in [2.75, 3.05) is 14.2 Å². The molecule has 0 radical (unpaired) electrons. The summed E-state index contributed by atoms with van der Waals surface area (Å²) >= 11 is 0. The van der Waals surface area contributed by atoms with Crippen molar-refractivity contribution in [3.8, 4) is 11.5 Å². The first kappa shape index (κ1) is 18.5. The molecule has 0 aliphatic carbocycles. The third-order valence-corrected chi connectivity index (χ3v) is 3.36. The molecule has 1 aromatic rings. The van der Waals surface area contributed by atoms with Crippen LogP contribution in [0, 0.1) is 0 Å². The van der Waals surface area contributed by atoms with Crippen molar-refractivity contribution in [2.24, 2.45) is 0 Å². The average molecular weight is 321 g/mol. The number of carboxylic acids is 1. The number of carbonyl (C=O) groups excluding carboxylic acids is 1. The highest BCUT2D eigenvalue weighted by Crippen LogP contribution is 2.33. The lowest BCUT2D eigenvalue weighted by Crippen LogP contribution is -2.40. The van der Waals surface area contributed by atoms with Gasteiger partial charge in [-0.2, -0.15) is 0 Å². The topological polar surface area (TPSA) is 84.9 Å². The summed E-state index contributed by atoms with van der Waals surface area (Å²) in [6.07, 6.45) is 3.22. The molecular formula is C17H23NO5. The fourth-order valence-electron chi connectivity index (χ4n) is 2.27. The van der Waals surface area contributed by atoms with Crippen LogP contribution in [0.15, 0.2) is 24.8 Å². The fraction of sp³-hybridized carbons (Fsp3) is 0.412. The molecule has 6 nitrogen and oxygen atoms in total. The van der Waals surface area contributed by atoms with Gasteiger partial charge in [-0.05, 0) is 25.0 Å². The molecule has 126 valence electrons. The zero-order chi connectivity index (χ0) is 17.4. The monoisotopic (exact) mass is 321 g/mol. The van der Waals surface area contributed by atoms with Crippen molar-refractivity contribution in [2.45, 2.75) is 32.2 Å². The Morgan fingerprint density at radius 2 is 2.04 bits per heavy atom. The van der Waals surface area contributed by atoms with Crippen molar-refractivity contribution in [1.29, 1.82) is 0 Å². The van der Waals surface area contributed by atoms with Crippen molar-refractivity contribution in [3.05, 3.63) is 35.9 Å². The van der Waals surface area contributed by atoms with E-state index in [9.17, 15) is 9.59 Å². The first-order valence-electron chi connectivity index (χ1n) is 7.37. The molecule has 0 aliphatic heterocycles. The van der Waals surface area contributed by atoms with Gasteiger partial charge in [0.1, 0.15) is 6.04 Å². The van der Waals surface area contributed by atoms with Gasteiger partial charge in [0, 0.05) is 11.1 Å². The van der Waals surface area contributed by atoms with Gasteiger partial charge in [-0.1, -0.05) is 19.4 Å². The van der Waals surface area contributed by atoms with Gasteiger partial charge in [0.15, 0.2) is 11.5 Å². The number of carboxylic acid groups (broad SMARTS) is 1. The van der Waals surface area contributed by atoms with Gasteiger partial charge in [-0.25, -0.2) is 4.79 Å². The van der Waals surface area contributed by atoms with Crippen LogP contribution in [-0.2, 0) is 11.2 Å². The number of methoxy groups -OCH3 is 2. The number of carbonyl (C=O) groups is 2. The molecule has 0 heterocycles. The van der Waals surface area contributed by atoms with E-state index in [1.54, 1.807) is 12.1 Å². The lowest BCUT2D eigenvalue weighted by atomic mass is 10.0. The fourth-order valence-corrected chi connectivity index (χ4v) is 2.27. The molecule has 1 aromatic carbocycles. The molecule has 1 rings (SSSR count). The molecule has 0 fully saturated rings. The number of nitrogens with one attached hydrogen (secondary N) is 1. The van der Waals surface area contributed by atoms with E-state index < -0.39 is 17.9 Å². The van der Waals surface area contributed by atoms with Crippen LogP contribution in [0.1, 0.15) is 35.7 Å². The van der Waals surface area contributed by atoms with Gasteiger partial charge < -0.3 is 19.9 Å². The largest absolute Gasteiger partial charge is 0.493 e. The molecule has 0 aliphatic rings. The summed E-state index contributed by atoms with van der Waals surface area (Å²) in [5.74, 6) is -0.559. The van der Waals surface area contributed by atoms with Crippen molar-refractivity contribution in [1.82, 2.24) is 5.32 Å². The Morgan fingerprint density at radius 3 is 2.52 bits per heavy atom. The molecule has 23 heavy (non-hydrogen) atoms. The Hall–Kier alpha value is -2.50. The number of aliphatic carboxylic acids is 1. The molecular weight excluding hydrogens is 298 g/mol. The molecule has 6 heteroatoms. The third-order valence-electron chi connectivity index (χ3n) is 3.36. The zero-order valence-corrected chi connectivity index (χ0v) is 13.7. The van der Waals surface area contributed by atoms with Gasteiger partial charge in [0.2, 0.25) is 0 Å². The zero-order valence-electron chi connectivity index (χ0n) is 13.7. The van der Waals surface area contributed by atoms with Gasteiger partial charge in [0.05, 0.1) is 14.2 Å². The van der Waals surface area contributed by atoms with Crippen molar-refractivity contribution >= 4 is 11.9 Å². The number of hydrogen-bond donors (Lipinski definition) is 2. The van der Waals surface area contributed by atoms with Crippen molar-refractivity contribution < 1.29 is 24.2 Å². The first-order valence-corrected chi connectivity index (χ1v) is 7.37. The molecule has 0 spiro atoms. The van der Waals surface area contributed by atoms with E-state index in [1.165, 1.54) is 20.3 Å². The summed E-state index contributed by atoms with van der Waals surface area (Å²) in [5.41, 5.74) is 1.07. The normalized spacial score (nSPS) is 11.4. The maximum Gasteiger partial charge on any atom is 0.326 e. The van der Waals surface area contributed by atoms with E-state index in [1.807, 2.05) is 6.92 Å². The Bertz CT molecular complexity index is 583. The first-order chi connectivity index (χ1) is 11.0. The Morgan fingerprint density at radius 1 is 1.35 bits per heavy atom. The summed E-state index contributed by atoms with van der Waals surface area (Å²) in [7, 11) is 3.00. The van der Waals surface area contributed by atoms with E-state index in [2.05, 4.69) is 11.9 Å². The second-order valence-electron chi connectivity index (χ2n) is 5.02. The molecule has 1 atom stereocenters. The minimum atomic E-state index is -1.05. The molecule has 0 aromatic heterocycles. The van der Waals surface area contributed by atoms with Crippen molar-refractivity contribution in [3.63, 3.8) is 0 Å². The lowest BCUT2D eigenvalue weighted by molar-refractivity contribution is -0.139. The second-order valence-corrected chi connectivity index (χ2v) is 5.02. The average Bonchev–Trinajstić information content (AvgIpc) is 2.53. The Labute approximate surface area is 136 Å². The number of rotatable bonds is 9. The minimum Gasteiger partial charge on any atom is -0.493 e. The van der Waals surface area contributed by atoms with Crippen LogP contribution in [0.5, 0.6) is 11.5 Å². The number of amides is 1. The van der Waals surface area contributed by atoms with E-state index in [4.69, 9.17) is 14.6 Å². The highest BCUT2D eigenvalue weighted by atomic mass is 16.5. The Kier molecular flexibility index (Phi) is 7.12. The van der Waals surface area contributed by atoms with Crippen LogP contribution in [0.4, 0.5) is 0 Å². The van der Waals surface area contributed by atoms with Gasteiger partial charge in [-0.15, -0.1) is 6.58 Å². The predicted octanol–water partition coefficient (Wildman–Crippen LogP) is 2.42. The van der Waals surface area contributed by atoms with Gasteiger partial charge in [-0.3, -0.25) is 4.79 Å². The smallest absolute Gasteiger partial charge is 0.326 e. The summed E-state index contributed by atoms with van der Waals surface area (Å²) in [5, 5.41) is 11.7. The van der Waals surface area contributed by atoms with Crippen LogP contribution in [0.2, 0.25) is 0 Å². The standard InChI is InChI=1S/C17H23NO5/c1-5-7-11-9-12(10-14(22-3)15(11)23-4)16(19)18-13(8-6-2)17(20)21/h5,9-10,13H,1,6-8H2,2-4H3,(H,18,19)(H,20,21). The van der Waals surface area contributed by atoms with Gasteiger partial charge >= 0.3 is 5.97 Å². The summed E-state index contributed by atoms with van der Waals surface area (Å²) < 4.78 is 10.6. The molecule has 0 bridgehead atoms. The lowest BCUT2D eigenvalue weighted by Gasteiger charge is -2.16. The molecule has 0 saturated heterocycles. The number of hydrogen-bond acceptors (Lipinski definition) is 4. The van der Waals surface area contributed by atoms with E-state index in [0.717, 1.165) is 5.56 Å². The molecule has 2 N–H and O–H groups in total. The minimum absolute atomic E-state index is 0.321. The van der Waals surface area contributed by atoms with Gasteiger partial charge in [0.25, 0.3) is 5.91 Å². The second kappa shape index (κ2) is 8.82. The maximum atomic E-state index is 12.4. The van der Waals surface area contributed by atoms with Crippen LogP contribution in [-0.4, -0.2) is 37.2 Å². The number of benzene rings is 1. The number of ether oxygens (including phenoxy) is 2. The van der Waals surface area contributed by atoms with Crippen LogP contribution < -0.4 is 14.8 Å². The van der Waals surface area contributed by atoms with Crippen LogP contribution in [0.25, 0.3) is 0 Å². The summed E-state index contributed by atoms with van der Waals surface area (Å²) in [6.45, 7) is 5.54. The maximum absolute atomic E-state index is 12.4. The molecule has 1 unspecified atom stereocenters. The summed E-state index contributed by atoms with van der Waals surface area (Å²) in [4.78, 5) is 23.5. The highest BCUT2D eigenvalue weighted by molar-refractivity contribution is 5.97. The predicted molar refractivity (Wildman–Crippen MR) is 87.2 cm³/mol. The molecule has 0 saturated carbocycles. The van der Waals surface area contributed by atoms with E-state index in [-0.39, 0.29) is 0 Å². The Balaban J connectivity index is 3.15. The third kappa shape index (κ3) is 4.74. The van der Waals surface area contributed by atoms with E-state index in [0.29, 0.717) is 36.3 Å². The highest BCUT2D eigenvalue weighted by Gasteiger charge is 2.21.